The number of fused-ring (bicyclic) bond motifs is 4. The Morgan fingerprint density at radius 3 is 2.61 bits per heavy atom. The van der Waals surface area contributed by atoms with Crippen LogP contribution < -0.4 is 9.64 Å². The number of hydrogen-bond donors (Lipinski definition) is 1. The number of anilines is 1. The van der Waals surface area contributed by atoms with E-state index in [2.05, 4.69) is 24.8 Å². The SMILES string of the molecule is CC1(C)Oc2ccccc2[C@@H]2O[C@@H]3CCN(CC(=O)N(CC(=O)O)c4ccccc4)[C@H]3C[C@H]21. The molecule has 3 aliphatic heterocycles. The number of para-hydroxylation sites is 2. The molecule has 0 bridgehead atoms. The van der Waals surface area contributed by atoms with Crippen molar-refractivity contribution in [3.63, 3.8) is 0 Å². The molecule has 3 heterocycles. The molecule has 3 aliphatic rings. The zero-order valence-corrected chi connectivity index (χ0v) is 19.0. The minimum Gasteiger partial charge on any atom is -0.487 e. The van der Waals surface area contributed by atoms with Gasteiger partial charge in [-0.3, -0.25) is 14.5 Å². The highest BCUT2D eigenvalue weighted by atomic mass is 16.5. The molecular formula is C26H30N2O5. The normalized spacial score (nSPS) is 27.6. The van der Waals surface area contributed by atoms with Gasteiger partial charge in [-0.2, -0.15) is 0 Å². The first kappa shape index (κ1) is 21.9. The number of ether oxygens (including phenoxy) is 2. The predicted molar refractivity (Wildman–Crippen MR) is 123 cm³/mol. The maximum atomic E-state index is 13.2. The molecule has 2 fully saturated rings. The van der Waals surface area contributed by atoms with Gasteiger partial charge in [-0.15, -0.1) is 0 Å². The molecule has 0 unspecified atom stereocenters. The van der Waals surface area contributed by atoms with Gasteiger partial charge in [-0.05, 0) is 44.9 Å². The molecule has 0 aromatic heterocycles. The van der Waals surface area contributed by atoms with E-state index in [1.807, 2.05) is 36.4 Å². The third-order valence-electron chi connectivity index (χ3n) is 7.27. The monoisotopic (exact) mass is 450 g/mol. The largest absolute Gasteiger partial charge is 0.487 e. The fourth-order valence-corrected chi connectivity index (χ4v) is 5.64. The van der Waals surface area contributed by atoms with Crippen LogP contribution in [0.15, 0.2) is 54.6 Å². The summed E-state index contributed by atoms with van der Waals surface area (Å²) in [5.41, 5.74) is 1.31. The van der Waals surface area contributed by atoms with E-state index in [0.717, 1.165) is 30.7 Å². The van der Waals surface area contributed by atoms with E-state index in [-0.39, 0.29) is 48.8 Å². The molecule has 2 aromatic carbocycles. The third-order valence-corrected chi connectivity index (χ3v) is 7.27. The van der Waals surface area contributed by atoms with Crippen LogP contribution in [-0.4, -0.2) is 59.3 Å². The third kappa shape index (κ3) is 4.11. The Morgan fingerprint density at radius 1 is 1.12 bits per heavy atom. The summed E-state index contributed by atoms with van der Waals surface area (Å²) in [5.74, 6) is -0.195. The number of carboxylic acid groups (broad SMARTS) is 1. The van der Waals surface area contributed by atoms with E-state index < -0.39 is 5.97 Å². The van der Waals surface area contributed by atoms with Gasteiger partial charge in [-0.1, -0.05) is 36.4 Å². The first-order valence-electron chi connectivity index (χ1n) is 11.6. The first-order valence-corrected chi connectivity index (χ1v) is 11.6. The topological polar surface area (TPSA) is 79.3 Å². The smallest absolute Gasteiger partial charge is 0.323 e. The van der Waals surface area contributed by atoms with Crippen molar-refractivity contribution in [2.24, 2.45) is 5.92 Å². The Balaban J connectivity index is 1.35. The number of hydrogen-bond acceptors (Lipinski definition) is 5. The lowest BCUT2D eigenvalue weighted by atomic mass is 9.74. The van der Waals surface area contributed by atoms with Crippen LogP contribution in [0.4, 0.5) is 5.69 Å². The summed E-state index contributed by atoms with van der Waals surface area (Å²) in [6, 6.07) is 17.2. The summed E-state index contributed by atoms with van der Waals surface area (Å²) >= 11 is 0. The minimum atomic E-state index is -1.03. The van der Waals surface area contributed by atoms with Gasteiger partial charge in [0.15, 0.2) is 0 Å². The molecule has 174 valence electrons. The highest BCUT2D eigenvalue weighted by molar-refractivity contribution is 5.98. The summed E-state index contributed by atoms with van der Waals surface area (Å²) in [5, 5.41) is 9.37. The molecule has 2 saturated heterocycles. The van der Waals surface area contributed by atoms with Crippen molar-refractivity contribution in [2.75, 3.05) is 24.5 Å². The molecular weight excluding hydrogens is 420 g/mol. The lowest BCUT2D eigenvalue weighted by Gasteiger charge is -2.50. The fourth-order valence-electron chi connectivity index (χ4n) is 5.64. The van der Waals surface area contributed by atoms with Gasteiger partial charge in [0, 0.05) is 29.8 Å². The van der Waals surface area contributed by atoms with E-state index in [1.54, 1.807) is 12.1 Å². The molecule has 0 aliphatic carbocycles. The molecule has 4 atom stereocenters. The summed E-state index contributed by atoms with van der Waals surface area (Å²) in [7, 11) is 0. The Hall–Kier alpha value is -2.90. The van der Waals surface area contributed by atoms with Crippen LogP contribution in [0.2, 0.25) is 0 Å². The van der Waals surface area contributed by atoms with E-state index in [4.69, 9.17) is 9.47 Å². The minimum absolute atomic E-state index is 0.0188. The van der Waals surface area contributed by atoms with Crippen LogP contribution in [0.5, 0.6) is 5.75 Å². The van der Waals surface area contributed by atoms with Gasteiger partial charge in [0.05, 0.1) is 18.8 Å². The number of aliphatic carboxylic acids is 1. The Morgan fingerprint density at radius 2 is 1.85 bits per heavy atom. The van der Waals surface area contributed by atoms with E-state index in [1.165, 1.54) is 4.90 Å². The van der Waals surface area contributed by atoms with Crippen LogP contribution >= 0.6 is 0 Å². The number of benzene rings is 2. The zero-order valence-electron chi connectivity index (χ0n) is 19.0. The van der Waals surface area contributed by atoms with Gasteiger partial charge in [-0.25, -0.2) is 0 Å². The van der Waals surface area contributed by atoms with Gasteiger partial charge in [0.1, 0.15) is 17.9 Å². The summed E-state index contributed by atoms with van der Waals surface area (Å²) in [6.45, 7) is 4.78. The van der Waals surface area contributed by atoms with Crippen molar-refractivity contribution in [3.8, 4) is 5.75 Å². The number of carbonyl (C=O) groups excluding carboxylic acids is 1. The number of nitrogens with zero attached hydrogens (tertiary/aromatic N) is 2. The Labute approximate surface area is 193 Å². The van der Waals surface area contributed by atoms with E-state index >= 15 is 0 Å². The highest BCUT2D eigenvalue weighted by Gasteiger charge is 2.53. The summed E-state index contributed by atoms with van der Waals surface area (Å²) in [6.07, 6.45) is 1.75. The molecule has 7 nitrogen and oxygen atoms in total. The number of carboxylic acids is 1. The van der Waals surface area contributed by atoms with Gasteiger partial charge in [0.25, 0.3) is 0 Å². The van der Waals surface area contributed by atoms with Gasteiger partial charge in [0.2, 0.25) is 5.91 Å². The number of carbonyl (C=O) groups is 2. The standard InChI is InChI=1S/C26H30N2O5/c1-26(2)19-14-20-22(32-25(19)18-10-6-7-11-21(18)33-26)12-13-27(20)15-23(29)28(16-24(30)31)17-8-4-3-5-9-17/h3-11,19-20,22,25H,12-16H2,1-2H3,(H,30,31)/t19-,20+,22-,25+/m1/s1. The number of rotatable bonds is 5. The van der Waals surface area contributed by atoms with Crippen molar-refractivity contribution in [1.82, 2.24) is 4.90 Å². The molecule has 1 amide bonds. The Kier molecular flexibility index (Phi) is 5.62. The second-order valence-electron chi connectivity index (χ2n) is 9.72. The summed E-state index contributed by atoms with van der Waals surface area (Å²) < 4.78 is 13.0. The van der Waals surface area contributed by atoms with Crippen molar-refractivity contribution < 1.29 is 24.2 Å². The quantitative estimate of drug-likeness (QED) is 0.751. The molecule has 0 spiro atoms. The molecule has 5 rings (SSSR count). The van der Waals surface area contributed by atoms with Crippen LogP contribution in [0.1, 0.15) is 38.4 Å². The maximum absolute atomic E-state index is 13.2. The first-order chi connectivity index (χ1) is 15.8. The predicted octanol–water partition coefficient (Wildman–Crippen LogP) is 3.50. The summed E-state index contributed by atoms with van der Waals surface area (Å²) in [4.78, 5) is 28.2. The van der Waals surface area contributed by atoms with Crippen molar-refractivity contribution in [1.29, 1.82) is 0 Å². The number of amides is 1. The molecule has 7 heteroatoms. The molecule has 1 N–H and O–H groups in total. The zero-order chi connectivity index (χ0) is 23.2. The lowest BCUT2D eigenvalue weighted by molar-refractivity contribution is -0.162. The molecule has 0 radical (unpaired) electrons. The van der Waals surface area contributed by atoms with Crippen LogP contribution in [-0.2, 0) is 14.3 Å². The van der Waals surface area contributed by atoms with Crippen LogP contribution in [0.25, 0.3) is 0 Å². The average Bonchev–Trinajstić information content (AvgIpc) is 3.18. The van der Waals surface area contributed by atoms with Crippen LogP contribution in [0, 0.1) is 5.92 Å². The molecule has 33 heavy (non-hydrogen) atoms. The van der Waals surface area contributed by atoms with Crippen molar-refractivity contribution in [3.05, 3.63) is 60.2 Å². The average molecular weight is 451 g/mol. The van der Waals surface area contributed by atoms with Crippen LogP contribution in [0.3, 0.4) is 0 Å². The Bertz CT molecular complexity index is 1040. The lowest BCUT2D eigenvalue weighted by Crippen LogP contribution is -2.55. The number of likely N-dealkylation sites (tertiary alicyclic amines) is 1. The molecule has 2 aromatic rings. The van der Waals surface area contributed by atoms with Gasteiger partial charge < -0.3 is 19.5 Å². The van der Waals surface area contributed by atoms with E-state index in [0.29, 0.717) is 5.69 Å². The maximum Gasteiger partial charge on any atom is 0.323 e. The second kappa shape index (κ2) is 8.47. The molecule has 0 saturated carbocycles. The van der Waals surface area contributed by atoms with Gasteiger partial charge >= 0.3 is 5.97 Å². The highest BCUT2D eigenvalue weighted by Crippen LogP contribution is 2.52. The second-order valence-corrected chi connectivity index (χ2v) is 9.72. The fraction of sp³-hybridized carbons (Fsp3) is 0.462. The van der Waals surface area contributed by atoms with E-state index in [9.17, 15) is 14.7 Å². The van der Waals surface area contributed by atoms with Crippen molar-refractivity contribution >= 4 is 17.6 Å². The van der Waals surface area contributed by atoms with Crippen molar-refractivity contribution in [2.45, 2.75) is 50.5 Å².